The van der Waals surface area contributed by atoms with E-state index < -0.39 is 0 Å². The largest absolute Gasteiger partial charge is 1.00 e. The molecule has 0 N–H and O–H groups in total. The van der Waals surface area contributed by atoms with Crippen molar-refractivity contribution in [3.8, 4) is 0 Å². The molecule has 0 aromatic rings. The number of halogens is 2. The predicted octanol–water partition coefficient (Wildman–Crippen LogP) is -0.695. The third-order valence-electron chi connectivity index (χ3n) is 3.60. The normalized spacial score (nSPS) is 14.2. The monoisotopic (exact) mass is 404 g/mol. The molecule has 0 nitrogen and oxygen atoms in total. The molecule has 0 saturated carbocycles. The molecule has 2 rings (SSSR count). The minimum Gasteiger partial charge on any atom is -1.00 e. The maximum Gasteiger partial charge on any atom is 0.261 e. The molecule has 2 aliphatic rings. The first-order valence-electron chi connectivity index (χ1n) is 7.28. The second-order valence-corrected chi connectivity index (χ2v) is 12.8. The first-order chi connectivity index (χ1) is 8.80. The summed E-state index contributed by atoms with van der Waals surface area (Å²) in [6.07, 6.45) is 16.0. The Morgan fingerprint density at radius 1 is 0.850 bits per heavy atom. The van der Waals surface area contributed by atoms with Crippen LogP contribution in [0, 0.1) is 0 Å². The fraction of sp³-hybridized carbons (Fsp3) is 0.500. The summed E-state index contributed by atoms with van der Waals surface area (Å²) < 4.78 is 3.45. The summed E-state index contributed by atoms with van der Waals surface area (Å²) in [5.74, 6) is 0. The summed E-state index contributed by atoms with van der Waals surface area (Å²) in [4.78, 5) is 0. The van der Waals surface area contributed by atoms with Gasteiger partial charge in [0.1, 0.15) is 0 Å². The third-order valence-corrected chi connectivity index (χ3v) is 10.5. The van der Waals surface area contributed by atoms with Gasteiger partial charge in [0, 0.05) is 0 Å². The molecule has 0 aromatic carbocycles. The zero-order valence-corrected chi connectivity index (χ0v) is 18.0. The average molecular weight is 406 g/mol. The first kappa shape index (κ1) is 23.2. The molecule has 0 saturated heterocycles. The molecule has 0 aliphatic heterocycles. The fourth-order valence-corrected chi connectivity index (χ4v) is 6.86. The van der Waals surface area contributed by atoms with E-state index in [9.17, 15) is 0 Å². The average Bonchev–Trinajstić information content (AvgIpc) is 3.06. The standard InChI is InChI=1S/2C5H5.3C2H5.Al.2ClH.Zr/c2*1-2-4-5-3-1;3*1-2;;;;/h2*1-3H,4H2;3*1H2,2H3;;2*1H;/q;;;;;;;;+2/p-2. The van der Waals surface area contributed by atoms with Gasteiger partial charge in [0.05, 0.1) is 0 Å². The molecule has 110 valence electrons. The summed E-state index contributed by atoms with van der Waals surface area (Å²) in [7, 11) is 0. The van der Waals surface area contributed by atoms with Crippen LogP contribution in [0.4, 0.5) is 0 Å². The van der Waals surface area contributed by atoms with Crippen LogP contribution in [0.2, 0.25) is 15.8 Å². The maximum absolute atomic E-state index is 2.32. The summed E-state index contributed by atoms with van der Waals surface area (Å²) in [5.41, 5.74) is 0. The van der Waals surface area contributed by atoms with E-state index in [-0.39, 0.29) is 62.2 Å². The van der Waals surface area contributed by atoms with Crippen LogP contribution in [-0.2, 0) is 23.2 Å². The number of hydrogen-bond donors (Lipinski definition) is 0. The molecular weight excluding hydrogens is 381 g/mol. The van der Waals surface area contributed by atoms with Gasteiger partial charge in [-0.3, -0.25) is 0 Å². The molecule has 0 aromatic heterocycles. The summed E-state index contributed by atoms with van der Waals surface area (Å²) in [5, 5.41) is 4.48. The van der Waals surface area contributed by atoms with E-state index >= 15 is 0 Å². The van der Waals surface area contributed by atoms with Crippen molar-refractivity contribution in [2.24, 2.45) is 0 Å². The number of hydrogen-bond acceptors (Lipinski definition) is 0. The molecule has 0 bridgehead atoms. The smallest absolute Gasteiger partial charge is 0.261 e. The van der Waals surface area contributed by atoms with Gasteiger partial charge in [0.15, 0.2) is 0 Å². The van der Waals surface area contributed by atoms with E-state index in [4.69, 9.17) is 0 Å². The molecular formula is C16H25AlCl2Zr. The van der Waals surface area contributed by atoms with Gasteiger partial charge in [-0.15, -0.1) is 0 Å². The van der Waals surface area contributed by atoms with E-state index in [0.29, 0.717) is 0 Å². The Bertz CT molecular complexity index is 322. The van der Waals surface area contributed by atoms with Crippen molar-refractivity contribution in [1.29, 1.82) is 0 Å². The summed E-state index contributed by atoms with van der Waals surface area (Å²) in [6, 6.07) is 0. The van der Waals surface area contributed by atoms with Gasteiger partial charge in [-0.25, -0.2) is 0 Å². The summed E-state index contributed by atoms with van der Waals surface area (Å²) in [6.45, 7) is 6.97. The molecule has 0 fully saturated rings. The van der Waals surface area contributed by atoms with Crippen LogP contribution in [0.1, 0.15) is 33.6 Å². The van der Waals surface area contributed by atoms with Gasteiger partial charge >= 0.3 is 79.1 Å². The SMILES string of the molecule is C1=CC[C]([Zr+2][C]2=CC=CC2)=C1.C[CH2][Al]([CH2]C)[CH2]C.[Cl-].[Cl-]. The van der Waals surface area contributed by atoms with Crippen LogP contribution < -0.4 is 24.8 Å². The van der Waals surface area contributed by atoms with Crippen LogP contribution in [-0.4, -0.2) is 14.1 Å². The molecule has 0 atom stereocenters. The van der Waals surface area contributed by atoms with Crippen LogP contribution in [0.15, 0.2) is 43.0 Å². The van der Waals surface area contributed by atoms with Crippen LogP contribution >= 0.6 is 0 Å². The molecule has 2 aliphatic carbocycles. The Hall–Kier alpha value is 0.956. The van der Waals surface area contributed by atoms with Gasteiger partial charge in [-0.1, -0.05) is 36.6 Å². The van der Waals surface area contributed by atoms with Crippen LogP contribution in [0.5, 0.6) is 0 Å². The van der Waals surface area contributed by atoms with E-state index in [0.717, 1.165) is 0 Å². The van der Waals surface area contributed by atoms with Gasteiger partial charge in [0.2, 0.25) is 0 Å². The second-order valence-electron chi connectivity index (χ2n) is 4.86. The minimum absolute atomic E-state index is 0. The Morgan fingerprint density at radius 3 is 1.45 bits per heavy atom. The van der Waals surface area contributed by atoms with Crippen molar-refractivity contribution in [3.05, 3.63) is 43.0 Å². The molecule has 0 spiro atoms. The molecule has 0 unspecified atom stereocenters. The second kappa shape index (κ2) is 14.9. The van der Waals surface area contributed by atoms with Crippen molar-refractivity contribution < 1.29 is 48.0 Å². The number of allylic oxidation sites excluding steroid dienone is 8. The van der Waals surface area contributed by atoms with Crippen molar-refractivity contribution >= 4 is 14.1 Å². The zero-order valence-electron chi connectivity index (χ0n) is 12.8. The quantitative estimate of drug-likeness (QED) is 0.530. The fourth-order valence-electron chi connectivity index (χ4n) is 2.15. The molecule has 0 heterocycles. The van der Waals surface area contributed by atoms with E-state index in [1.807, 2.05) is 0 Å². The zero-order chi connectivity index (χ0) is 13.2. The van der Waals surface area contributed by atoms with E-state index in [1.54, 1.807) is 6.56 Å². The summed E-state index contributed by atoms with van der Waals surface area (Å²) >= 11 is -0.483. The van der Waals surface area contributed by atoms with Crippen molar-refractivity contribution in [2.45, 2.75) is 49.5 Å². The molecule has 0 radical (unpaired) electrons. The van der Waals surface area contributed by atoms with Crippen LogP contribution in [0.25, 0.3) is 0 Å². The van der Waals surface area contributed by atoms with Crippen molar-refractivity contribution in [1.82, 2.24) is 0 Å². The Morgan fingerprint density at radius 2 is 1.25 bits per heavy atom. The maximum atomic E-state index is 2.32. The topological polar surface area (TPSA) is 0 Å². The Kier molecular flexibility index (Phi) is 17.3. The van der Waals surface area contributed by atoms with Gasteiger partial charge < -0.3 is 24.8 Å². The van der Waals surface area contributed by atoms with E-state index in [2.05, 4.69) is 57.2 Å². The Balaban J connectivity index is 0. The third kappa shape index (κ3) is 9.81. The molecule has 0 amide bonds. The minimum atomic E-state index is -0.312. The number of rotatable bonds is 5. The van der Waals surface area contributed by atoms with Gasteiger partial charge in [-0.05, 0) is 0 Å². The van der Waals surface area contributed by atoms with E-state index in [1.165, 1.54) is 28.7 Å². The molecule has 4 heteroatoms. The van der Waals surface area contributed by atoms with Gasteiger partial charge in [0.25, 0.3) is 14.1 Å². The van der Waals surface area contributed by atoms with Crippen LogP contribution in [0.3, 0.4) is 0 Å². The first-order valence-corrected chi connectivity index (χ1v) is 12.2. The molecule has 20 heavy (non-hydrogen) atoms. The Labute approximate surface area is 153 Å². The van der Waals surface area contributed by atoms with Gasteiger partial charge in [-0.2, -0.15) is 0 Å². The predicted molar refractivity (Wildman–Crippen MR) is 80.9 cm³/mol. The van der Waals surface area contributed by atoms with Crippen molar-refractivity contribution in [3.63, 3.8) is 0 Å². The van der Waals surface area contributed by atoms with Crippen molar-refractivity contribution in [2.75, 3.05) is 0 Å².